The first-order chi connectivity index (χ1) is 10.5. The first-order valence-corrected chi connectivity index (χ1v) is 7.79. The molecule has 2 rings (SSSR count). The Labute approximate surface area is 143 Å². The zero-order chi connectivity index (χ0) is 15.9. The molecule has 0 saturated heterocycles. The van der Waals surface area contributed by atoms with E-state index in [1.165, 1.54) is 0 Å². The molecule has 0 spiro atoms. The van der Waals surface area contributed by atoms with Gasteiger partial charge in [0.25, 0.3) is 5.91 Å². The number of rotatable bonds is 4. The number of carbonyl (C=O) groups excluding carboxylic acids is 1. The molecule has 0 fully saturated rings. The average Bonchev–Trinajstić information content (AvgIpc) is 2.49. The van der Waals surface area contributed by atoms with E-state index in [0.29, 0.717) is 5.75 Å². The standard InChI is InChI=1S/C16H15BrN2O2S/c1-11-7-8-14(13(17)9-11)18-16(22)19-15(20)10-21-12-5-3-2-4-6-12/h2-9H,10H2,1H3,(H2,18,19,20,22). The predicted molar refractivity (Wildman–Crippen MR) is 95.2 cm³/mol. The Bertz CT molecular complexity index is 677. The molecule has 0 aliphatic rings. The van der Waals surface area contributed by atoms with E-state index < -0.39 is 0 Å². The molecule has 0 aliphatic carbocycles. The van der Waals surface area contributed by atoms with Gasteiger partial charge in [0.1, 0.15) is 5.75 Å². The van der Waals surface area contributed by atoms with Gasteiger partial charge in [-0.2, -0.15) is 0 Å². The van der Waals surface area contributed by atoms with Crippen LogP contribution >= 0.6 is 28.1 Å². The van der Waals surface area contributed by atoms with Crippen LogP contribution in [-0.4, -0.2) is 17.6 Å². The highest BCUT2D eigenvalue weighted by atomic mass is 79.9. The van der Waals surface area contributed by atoms with Gasteiger partial charge in [0.15, 0.2) is 11.7 Å². The summed E-state index contributed by atoms with van der Waals surface area (Å²) in [5.74, 6) is 0.322. The molecule has 4 nitrogen and oxygen atoms in total. The molecule has 22 heavy (non-hydrogen) atoms. The maximum absolute atomic E-state index is 11.8. The molecular formula is C16H15BrN2O2S. The largest absolute Gasteiger partial charge is 0.484 e. The Morgan fingerprint density at radius 1 is 1.23 bits per heavy atom. The second-order valence-electron chi connectivity index (χ2n) is 4.59. The highest BCUT2D eigenvalue weighted by Gasteiger charge is 2.07. The molecule has 0 unspecified atom stereocenters. The molecule has 0 bridgehead atoms. The van der Waals surface area contributed by atoms with E-state index in [9.17, 15) is 4.79 Å². The lowest BCUT2D eigenvalue weighted by molar-refractivity contribution is -0.121. The van der Waals surface area contributed by atoms with Gasteiger partial charge in [0.05, 0.1) is 5.69 Å². The summed E-state index contributed by atoms with van der Waals surface area (Å²) < 4.78 is 6.23. The van der Waals surface area contributed by atoms with Gasteiger partial charge in [-0.15, -0.1) is 0 Å². The summed E-state index contributed by atoms with van der Waals surface area (Å²) in [7, 11) is 0. The second kappa shape index (κ2) is 7.91. The van der Waals surface area contributed by atoms with Crippen LogP contribution in [0.2, 0.25) is 0 Å². The maximum atomic E-state index is 11.8. The number of ether oxygens (including phenoxy) is 1. The molecular weight excluding hydrogens is 364 g/mol. The van der Waals surface area contributed by atoms with Gasteiger partial charge >= 0.3 is 0 Å². The second-order valence-corrected chi connectivity index (χ2v) is 5.85. The van der Waals surface area contributed by atoms with Crippen LogP contribution in [0.4, 0.5) is 5.69 Å². The van der Waals surface area contributed by atoms with Gasteiger partial charge < -0.3 is 10.1 Å². The lowest BCUT2D eigenvalue weighted by Gasteiger charge is -2.12. The molecule has 2 N–H and O–H groups in total. The molecule has 0 atom stereocenters. The van der Waals surface area contributed by atoms with Crippen molar-refractivity contribution in [3.8, 4) is 5.75 Å². The maximum Gasteiger partial charge on any atom is 0.264 e. The summed E-state index contributed by atoms with van der Waals surface area (Å²) in [5, 5.41) is 5.77. The number of benzene rings is 2. The van der Waals surface area contributed by atoms with Crippen molar-refractivity contribution in [3.05, 3.63) is 58.6 Å². The third-order valence-corrected chi connectivity index (χ3v) is 3.60. The van der Waals surface area contributed by atoms with Crippen LogP contribution in [0.3, 0.4) is 0 Å². The van der Waals surface area contributed by atoms with Gasteiger partial charge in [-0.05, 0) is 64.9 Å². The van der Waals surface area contributed by atoms with E-state index in [2.05, 4.69) is 26.6 Å². The quantitative estimate of drug-likeness (QED) is 0.797. The van der Waals surface area contributed by atoms with Gasteiger partial charge in [-0.25, -0.2) is 0 Å². The molecule has 1 amide bonds. The Balaban J connectivity index is 1.82. The van der Waals surface area contributed by atoms with Crippen molar-refractivity contribution < 1.29 is 9.53 Å². The van der Waals surface area contributed by atoms with Crippen molar-refractivity contribution >= 4 is 44.9 Å². The SMILES string of the molecule is Cc1ccc(NC(=S)NC(=O)COc2ccccc2)c(Br)c1. The number of hydrogen-bond acceptors (Lipinski definition) is 3. The number of aryl methyl sites for hydroxylation is 1. The van der Waals surface area contributed by atoms with Gasteiger partial charge in [0.2, 0.25) is 0 Å². The van der Waals surface area contributed by atoms with Crippen molar-refractivity contribution in [2.24, 2.45) is 0 Å². The molecule has 0 radical (unpaired) electrons. The highest BCUT2D eigenvalue weighted by molar-refractivity contribution is 9.10. The molecule has 6 heteroatoms. The van der Waals surface area contributed by atoms with Crippen molar-refractivity contribution in [1.29, 1.82) is 0 Å². The highest BCUT2D eigenvalue weighted by Crippen LogP contribution is 2.23. The van der Waals surface area contributed by atoms with Crippen molar-refractivity contribution in [2.75, 3.05) is 11.9 Å². The minimum absolute atomic E-state index is 0.0963. The van der Waals surface area contributed by atoms with Crippen molar-refractivity contribution in [3.63, 3.8) is 0 Å². The average molecular weight is 379 g/mol. The number of amides is 1. The van der Waals surface area contributed by atoms with Crippen molar-refractivity contribution in [1.82, 2.24) is 5.32 Å². The summed E-state index contributed by atoms with van der Waals surface area (Å²) in [6, 6.07) is 14.9. The first-order valence-electron chi connectivity index (χ1n) is 6.59. The summed E-state index contributed by atoms with van der Waals surface area (Å²) in [6.45, 7) is 1.90. The number of para-hydroxylation sites is 1. The van der Waals surface area contributed by atoms with E-state index in [-0.39, 0.29) is 17.6 Å². The molecule has 0 aliphatic heterocycles. The van der Waals surface area contributed by atoms with Crippen LogP contribution in [0.5, 0.6) is 5.75 Å². The predicted octanol–water partition coefficient (Wildman–Crippen LogP) is 3.65. The van der Waals surface area contributed by atoms with E-state index in [1.807, 2.05) is 43.3 Å². The molecule has 0 aromatic heterocycles. The lowest BCUT2D eigenvalue weighted by Crippen LogP contribution is -2.37. The topological polar surface area (TPSA) is 50.4 Å². The Hall–Kier alpha value is -1.92. The minimum Gasteiger partial charge on any atom is -0.484 e. The number of hydrogen-bond donors (Lipinski definition) is 2. The molecule has 2 aromatic carbocycles. The number of thiocarbonyl (C=S) groups is 1. The van der Waals surface area contributed by atoms with Crippen LogP contribution in [-0.2, 0) is 4.79 Å². The summed E-state index contributed by atoms with van der Waals surface area (Å²) in [6.07, 6.45) is 0. The lowest BCUT2D eigenvalue weighted by atomic mass is 10.2. The summed E-state index contributed by atoms with van der Waals surface area (Å²) in [4.78, 5) is 11.8. The molecule has 2 aromatic rings. The van der Waals surface area contributed by atoms with E-state index in [0.717, 1.165) is 15.7 Å². The fraction of sp³-hybridized carbons (Fsp3) is 0.125. The van der Waals surface area contributed by atoms with Gasteiger partial charge in [-0.3, -0.25) is 10.1 Å². The number of halogens is 1. The number of anilines is 1. The van der Waals surface area contributed by atoms with E-state index in [4.69, 9.17) is 17.0 Å². The van der Waals surface area contributed by atoms with Crippen LogP contribution in [0.1, 0.15) is 5.56 Å². The fourth-order valence-electron chi connectivity index (χ4n) is 1.70. The zero-order valence-corrected chi connectivity index (χ0v) is 14.3. The Morgan fingerprint density at radius 2 is 1.95 bits per heavy atom. The number of nitrogens with one attached hydrogen (secondary N) is 2. The van der Waals surface area contributed by atoms with E-state index >= 15 is 0 Å². The summed E-state index contributed by atoms with van der Waals surface area (Å²) >= 11 is 8.56. The minimum atomic E-state index is -0.315. The molecule has 0 saturated carbocycles. The first kappa shape index (κ1) is 16.5. The van der Waals surface area contributed by atoms with Gasteiger partial charge in [0, 0.05) is 4.47 Å². The Morgan fingerprint density at radius 3 is 2.64 bits per heavy atom. The smallest absolute Gasteiger partial charge is 0.264 e. The molecule has 114 valence electrons. The van der Waals surface area contributed by atoms with E-state index in [1.54, 1.807) is 12.1 Å². The Kier molecular flexibility index (Phi) is 5.91. The zero-order valence-electron chi connectivity index (χ0n) is 11.9. The number of carbonyl (C=O) groups is 1. The van der Waals surface area contributed by atoms with Crippen LogP contribution in [0, 0.1) is 6.92 Å². The normalized spacial score (nSPS) is 9.91. The third kappa shape index (κ3) is 5.13. The summed E-state index contributed by atoms with van der Waals surface area (Å²) in [5.41, 5.74) is 1.92. The van der Waals surface area contributed by atoms with Crippen LogP contribution in [0.25, 0.3) is 0 Å². The fourth-order valence-corrected chi connectivity index (χ4v) is 2.52. The third-order valence-electron chi connectivity index (χ3n) is 2.74. The monoisotopic (exact) mass is 378 g/mol. The van der Waals surface area contributed by atoms with Crippen LogP contribution < -0.4 is 15.4 Å². The molecule has 0 heterocycles. The van der Waals surface area contributed by atoms with Crippen LogP contribution in [0.15, 0.2) is 53.0 Å². The van der Waals surface area contributed by atoms with Crippen molar-refractivity contribution in [2.45, 2.75) is 6.92 Å². The van der Waals surface area contributed by atoms with Gasteiger partial charge in [-0.1, -0.05) is 24.3 Å².